The minimum absolute atomic E-state index is 0.494. The Balaban J connectivity index is 2.66. The fraction of sp³-hybridized carbons (Fsp3) is 0.286. The van der Waals surface area contributed by atoms with Crippen LogP contribution in [0, 0.1) is 12.3 Å². The zero-order valence-electron chi connectivity index (χ0n) is 5.29. The summed E-state index contributed by atoms with van der Waals surface area (Å²) in [6.45, 7) is 0.494. The molecule has 1 rings (SSSR count). The van der Waals surface area contributed by atoms with E-state index in [0.717, 1.165) is 0 Å². The van der Waals surface area contributed by atoms with Gasteiger partial charge in [0.25, 0.3) is 0 Å². The molecule has 0 aromatic rings. The zero-order valence-corrected chi connectivity index (χ0v) is 5.29. The quantitative estimate of drug-likeness (QED) is 0.483. The molecule has 0 amide bonds. The number of rotatable bonds is 1. The topological polar surface area (TPSA) is 49.3 Å². The fourth-order valence-electron chi connectivity index (χ4n) is 0.797. The van der Waals surface area contributed by atoms with Crippen molar-refractivity contribution in [3.05, 3.63) is 11.6 Å². The number of hydrogen-bond acceptors (Lipinski definition) is 2. The lowest BCUT2D eigenvalue weighted by molar-refractivity contribution is -0.137. The summed E-state index contributed by atoms with van der Waals surface area (Å²) in [5.74, 6) is 1.50. The third-order valence-electron chi connectivity index (χ3n) is 1.33. The fourth-order valence-corrected chi connectivity index (χ4v) is 0.797. The molecule has 1 heterocycles. The third-order valence-corrected chi connectivity index (χ3v) is 1.33. The van der Waals surface area contributed by atoms with E-state index in [2.05, 4.69) is 11.2 Å². The van der Waals surface area contributed by atoms with Gasteiger partial charge in [0.15, 0.2) is 0 Å². The highest BCUT2D eigenvalue weighted by Crippen LogP contribution is 2.03. The molecule has 1 aliphatic heterocycles. The third kappa shape index (κ3) is 1.17. The van der Waals surface area contributed by atoms with Crippen LogP contribution in [0.25, 0.3) is 0 Å². The summed E-state index contributed by atoms with van der Waals surface area (Å²) in [6.07, 6.45) is 6.59. The molecular formula is C7H7NO2. The second-order valence-electron chi connectivity index (χ2n) is 2.03. The zero-order chi connectivity index (χ0) is 7.56. The van der Waals surface area contributed by atoms with Crippen molar-refractivity contribution in [2.45, 2.75) is 6.04 Å². The lowest BCUT2D eigenvalue weighted by Crippen LogP contribution is -2.30. The number of carbonyl (C=O) groups is 1. The largest absolute Gasteiger partial charge is 0.480 e. The van der Waals surface area contributed by atoms with E-state index in [1.165, 1.54) is 0 Å². The van der Waals surface area contributed by atoms with Crippen molar-refractivity contribution in [1.29, 1.82) is 0 Å². The molecule has 52 valence electrons. The van der Waals surface area contributed by atoms with E-state index in [9.17, 15) is 4.79 Å². The number of hydrogen-bond donors (Lipinski definition) is 2. The maximum atomic E-state index is 10.3. The Hall–Kier alpha value is -1.27. The predicted octanol–water partition coefficient (Wildman–Crippen LogP) is -0.398. The van der Waals surface area contributed by atoms with Crippen LogP contribution in [0.15, 0.2) is 11.6 Å². The van der Waals surface area contributed by atoms with Crippen LogP contribution in [0.1, 0.15) is 0 Å². The standard InChI is InChI=1S/C7H7NO2/c1-2-5-3-6(7(9)10)8-4-5/h1,3,6,8H,4H2,(H,9,10)/t6-/m0/s1. The number of carboxylic acid groups (broad SMARTS) is 1. The summed E-state index contributed by atoms with van der Waals surface area (Å²) in [5.41, 5.74) is 0.715. The average Bonchev–Trinajstić information content (AvgIpc) is 2.34. The Bertz CT molecular complexity index is 224. The van der Waals surface area contributed by atoms with E-state index < -0.39 is 12.0 Å². The molecule has 3 heteroatoms. The van der Waals surface area contributed by atoms with Gasteiger partial charge in [0.05, 0.1) is 0 Å². The van der Waals surface area contributed by atoms with Crippen LogP contribution < -0.4 is 5.32 Å². The van der Waals surface area contributed by atoms with Crippen molar-refractivity contribution >= 4 is 5.97 Å². The van der Waals surface area contributed by atoms with Crippen LogP contribution in [0.5, 0.6) is 0 Å². The van der Waals surface area contributed by atoms with Crippen molar-refractivity contribution in [2.24, 2.45) is 0 Å². The van der Waals surface area contributed by atoms with Crippen molar-refractivity contribution < 1.29 is 9.90 Å². The molecular weight excluding hydrogens is 130 g/mol. The second-order valence-corrected chi connectivity index (χ2v) is 2.03. The first-order chi connectivity index (χ1) is 4.74. The van der Waals surface area contributed by atoms with Crippen LogP contribution in [0.2, 0.25) is 0 Å². The molecule has 1 aliphatic rings. The Morgan fingerprint density at radius 1 is 2.00 bits per heavy atom. The van der Waals surface area contributed by atoms with Gasteiger partial charge in [0.2, 0.25) is 0 Å². The summed E-state index contributed by atoms with van der Waals surface area (Å²) < 4.78 is 0. The normalized spacial score (nSPS) is 23.5. The molecule has 0 unspecified atom stereocenters. The van der Waals surface area contributed by atoms with Gasteiger partial charge < -0.3 is 5.11 Å². The Morgan fingerprint density at radius 3 is 3.00 bits per heavy atom. The van der Waals surface area contributed by atoms with Crippen LogP contribution in [0.4, 0.5) is 0 Å². The smallest absolute Gasteiger partial charge is 0.324 e. The molecule has 0 radical (unpaired) electrons. The van der Waals surface area contributed by atoms with Crippen LogP contribution >= 0.6 is 0 Å². The van der Waals surface area contributed by atoms with E-state index in [1.54, 1.807) is 6.08 Å². The lowest BCUT2D eigenvalue weighted by atomic mass is 10.2. The first kappa shape index (κ1) is 6.84. The first-order valence-electron chi connectivity index (χ1n) is 2.87. The van der Waals surface area contributed by atoms with Crippen molar-refractivity contribution in [2.75, 3.05) is 6.54 Å². The van der Waals surface area contributed by atoms with E-state index in [-0.39, 0.29) is 0 Å². The molecule has 2 N–H and O–H groups in total. The second kappa shape index (κ2) is 2.54. The van der Waals surface area contributed by atoms with Gasteiger partial charge in [0, 0.05) is 12.1 Å². The number of carboxylic acids is 1. The number of aliphatic carboxylic acids is 1. The van der Waals surface area contributed by atoms with Gasteiger partial charge in [-0.2, -0.15) is 0 Å². The average molecular weight is 137 g/mol. The highest BCUT2D eigenvalue weighted by molar-refractivity contribution is 5.77. The Morgan fingerprint density at radius 2 is 2.70 bits per heavy atom. The molecule has 0 spiro atoms. The predicted molar refractivity (Wildman–Crippen MR) is 36.3 cm³/mol. The number of terminal acetylenes is 1. The number of nitrogens with one attached hydrogen (secondary N) is 1. The minimum Gasteiger partial charge on any atom is -0.480 e. The lowest BCUT2D eigenvalue weighted by Gasteiger charge is -1.98. The van der Waals surface area contributed by atoms with Gasteiger partial charge in [-0.1, -0.05) is 5.92 Å². The molecule has 0 saturated heterocycles. The first-order valence-corrected chi connectivity index (χ1v) is 2.87. The maximum Gasteiger partial charge on any atom is 0.324 e. The molecule has 1 atom stereocenters. The van der Waals surface area contributed by atoms with E-state index in [0.29, 0.717) is 12.1 Å². The summed E-state index contributed by atoms with van der Waals surface area (Å²) >= 11 is 0. The van der Waals surface area contributed by atoms with Gasteiger partial charge in [-0.25, -0.2) is 0 Å². The SMILES string of the molecule is C#CC1=C[C@@H](C(=O)O)NC1. The summed E-state index contributed by atoms with van der Waals surface area (Å²) in [4.78, 5) is 10.3. The molecule has 0 aromatic carbocycles. The summed E-state index contributed by atoms with van der Waals surface area (Å²) in [5, 5.41) is 11.2. The maximum absolute atomic E-state index is 10.3. The van der Waals surface area contributed by atoms with E-state index in [4.69, 9.17) is 11.5 Å². The summed E-state index contributed by atoms with van der Waals surface area (Å²) in [7, 11) is 0. The van der Waals surface area contributed by atoms with Gasteiger partial charge in [-0.3, -0.25) is 10.1 Å². The molecule has 10 heavy (non-hydrogen) atoms. The summed E-state index contributed by atoms with van der Waals surface area (Å²) in [6, 6.07) is -0.592. The van der Waals surface area contributed by atoms with Crippen molar-refractivity contribution in [3.63, 3.8) is 0 Å². The highest BCUT2D eigenvalue weighted by atomic mass is 16.4. The molecule has 0 aromatic heterocycles. The molecule has 0 aliphatic carbocycles. The minimum atomic E-state index is -0.884. The molecule has 0 saturated carbocycles. The Kier molecular flexibility index (Phi) is 1.74. The van der Waals surface area contributed by atoms with Gasteiger partial charge in [-0.05, 0) is 6.08 Å². The van der Waals surface area contributed by atoms with Gasteiger partial charge in [-0.15, -0.1) is 6.42 Å². The van der Waals surface area contributed by atoms with Crippen LogP contribution in [0.3, 0.4) is 0 Å². The van der Waals surface area contributed by atoms with E-state index in [1.807, 2.05) is 0 Å². The van der Waals surface area contributed by atoms with Crippen molar-refractivity contribution in [3.8, 4) is 12.3 Å². The van der Waals surface area contributed by atoms with Crippen molar-refractivity contribution in [1.82, 2.24) is 5.32 Å². The highest BCUT2D eigenvalue weighted by Gasteiger charge is 2.19. The Labute approximate surface area is 58.7 Å². The molecule has 3 nitrogen and oxygen atoms in total. The monoisotopic (exact) mass is 137 g/mol. The van der Waals surface area contributed by atoms with E-state index >= 15 is 0 Å². The van der Waals surface area contributed by atoms with Gasteiger partial charge >= 0.3 is 5.97 Å². The molecule has 0 bridgehead atoms. The van der Waals surface area contributed by atoms with Crippen LogP contribution in [-0.2, 0) is 4.79 Å². The molecule has 0 fully saturated rings. The van der Waals surface area contributed by atoms with Gasteiger partial charge in [0.1, 0.15) is 6.04 Å². The van der Waals surface area contributed by atoms with Crippen LogP contribution in [-0.4, -0.2) is 23.7 Å².